The zero-order valence-electron chi connectivity index (χ0n) is 12.2. The molecule has 4 rings (SSSR count). The van der Waals surface area contributed by atoms with Crippen LogP contribution in [-0.2, 0) is 6.42 Å². The summed E-state index contributed by atoms with van der Waals surface area (Å²) in [6, 6.07) is 8.26. The molecule has 2 aliphatic rings. The molecule has 0 unspecified atom stereocenters. The molecule has 1 aliphatic carbocycles. The van der Waals surface area contributed by atoms with Crippen LogP contribution >= 0.6 is 0 Å². The first-order valence-electron chi connectivity index (χ1n) is 7.69. The number of nitrogens with zero attached hydrogens (tertiary/aromatic N) is 2. The van der Waals surface area contributed by atoms with Gasteiger partial charge in [-0.3, -0.25) is 9.89 Å². The maximum Gasteiger partial charge on any atom is 0.278 e. The van der Waals surface area contributed by atoms with E-state index in [2.05, 4.69) is 35.3 Å². The predicted octanol–water partition coefficient (Wildman–Crippen LogP) is 3.19. The lowest BCUT2D eigenvalue weighted by atomic mass is 9.99. The Labute approximate surface area is 124 Å². The van der Waals surface area contributed by atoms with Crippen molar-refractivity contribution in [2.24, 2.45) is 0 Å². The van der Waals surface area contributed by atoms with Crippen LogP contribution < -0.4 is 4.90 Å². The van der Waals surface area contributed by atoms with E-state index in [0.29, 0.717) is 11.6 Å². The minimum atomic E-state index is 0.0166. The molecule has 0 saturated heterocycles. The van der Waals surface area contributed by atoms with E-state index in [1.165, 1.54) is 24.0 Å². The third kappa shape index (κ3) is 2.24. The summed E-state index contributed by atoms with van der Waals surface area (Å²) in [6.07, 6.45) is 4.49. The standard InChI is InChI=1S/C17H19N3O/c1-11-4-7-16-13(9-11)3-2-8-20(16)17(21)15-10-14(18-19-15)12-5-6-12/h4,7,9-10,12H,2-3,5-6,8H2,1H3,(H,18,19). The lowest BCUT2D eigenvalue weighted by Gasteiger charge is -2.29. The molecule has 1 aliphatic heterocycles. The van der Waals surface area contributed by atoms with E-state index < -0.39 is 0 Å². The Bertz CT molecular complexity index is 700. The molecule has 0 radical (unpaired) electrons. The smallest absolute Gasteiger partial charge is 0.278 e. The summed E-state index contributed by atoms with van der Waals surface area (Å²) in [6.45, 7) is 2.87. The Hall–Kier alpha value is -2.10. The van der Waals surface area contributed by atoms with E-state index in [0.717, 1.165) is 30.8 Å². The quantitative estimate of drug-likeness (QED) is 0.919. The summed E-state index contributed by atoms with van der Waals surface area (Å²) in [7, 11) is 0. The average molecular weight is 281 g/mol. The summed E-state index contributed by atoms with van der Waals surface area (Å²) < 4.78 is 0. The van der Waals surface area contributed by atoms with Gasteiger partial charge in [-0.15, -0.1) is 0 Å². The van der Waals surface area contributed by atoms with Crippen molar-refractivity contribution in [3.8, 4) is 0 Å². The van der Waals surface area contributed by atoms with E-state index in [9.17, 15) is 4.79 Å². The molecular weight excluding hydrogens is 262 g/mol. The number of rotatable bonds is 2. The summed E-state index contributed by atoms with van der Waals surface area (Å²) in [5.74, 6) is 0.610. The molecule has 1 saturated carbocycles. The van der Waals surface area contributed by atoms with Gasteiger partial charge in [0.15, 0.2) is 5.69 Å². The van der Waals surface area contributed by atoms with Gasteiger partial charge in [0.05, 0.1) is 0 Å². The fraction of sp³-hybridized carbons (Fsp3) is 0.412. The van der Waals surface area contributed by atoms with Crippen LogP contribution in [0.5, 0.6) is 0 Å². The molecule has 2 heterocycles. The Morgan fingerprint density at radius 3 is 3.00 bits per heavy atom. The van der Waals surface area contributed by atoms with Gasteiger partial charge in [-0.25, -0.2) is 0 Å². The van der Waals surface area contributed by atoms with Gasteiger partial charge in [0, 0.05) is 23.8 Å². The highest BCUT2D eigenvalue weighted by molar-refractivity contribution is 6.05. The van der Waals surface area contributed by atoms with E-state index in [-0.39, 0.29) is 5.91 Å². The third-order valence-electron chi connectivity index (χ3n) is 4.43. The molecule has 1 aromatic carbocycles. The number of aryl methyl sites for hydroxylation is 2. The van der Waals surface area contributed by atoms with Gasteiger partial charge in [0.1, 0.15) is 0 Å². The largest absolute Gasteiger partial charge is 0.307 e. The fourth-order valence-corrected chi connectivity index (χ4v) is 3.12. The molecule has 4 nitrogen and oxygen atoms in total. The first kappa shape index (κ1) is 12.6. The van der Waals surface area contributed by atoms with Crippen LogP contribution in [0, 0.1) is 6.92 Å². The third-order valence-corrected chi connectivity index (χ3v) is 4.43. The van der Waals surface area contributed by atoms with Crippen molar-refractivity contribution in [1.29, 1.82) is 0 Å². The average Bonchev–Trinajstić information content (AvgIpc) is 3.23. The maximum atomic E-state index is 12.7. The SMILES string of the molecule is Cc1ccc2c(c1)CCCN2C(=O)c1cc(C2CC2)[nH]n1. The summed E-state index contributed by atoms with van der Waals surface area (Å²) in [5.41, 5.74) is 5.23. The number of aromatic nitrogens is 2. The zero-order valence-corrected chi connectivity index (χ0v) is 12.2. The molecule has 0 bridgehead atoms. The van der Waals surface area contributed by atoms with E-state index in [1.807, 2.05) is 11.0 Å². The first-order valence-corrected chi connectivity index (χ1v) is 7.69. The first-order chi connectivity index (χ1) is 10.2. The second-order valence-electron chi connectivity index (χ2n) is 6.18. The fourth-order valence-electron chi connectivity index (χ4n) is 3.12. The minimum Gasteiger partial charge on any atom is -0.307 e. The van der Waals surface area contributed by atoms with Crippen molar-refractivity contribution < 1.29 is 4.79 Å². The van der Waals surface area contributed by atoms with Gasteiger partial charge in [0.25, 0.3) is 5.91 Å². The molecule has 1 amide bonds. The van der Waals surface area contributed by atoms with Crippen LogP contribution in [0.1, 0.15) is 52.5 Å². The number of aromatic amines is 1. The number of benzene rings is 1. The van der Waals surface area contributed by atoms with E-state index >= 15 is 0 Å². The Kier molecular flexibility index (Phi) is 2.84. The number of fused-ring (bicyclic) bond motifs is 1. The van der Waals surface area contributed by atoms with Crippen molar-refractivity contribution >= 4 is 11.6 Å². The molecule has 1 N–H and O–H groups in total. The van der Waals surface area contributed by atoms with Crippen LogP contribution in [-0.4, -0.2) is 22.6 Å². The number of carbonyl (C=O) groups is 1. The predicted molar refractivity (Wildman–Crippen MR) is 81.7 cm³/mol. The van der Waals surface area contributed by atoms with Crippen molar-refractivity contribution in [3.05, 3.63) is 46.8 Å². The van der Waals surface area contributed by atoms with Crippen LogP contribution in [0.25, 0.3) is 0 Å². The molecule has 0 atom stereocenters. The topological polar surface area (TPSA) is 49.0 Å². The maximum absolute atomic E-state index is 12.7. The summed E-state index contributed by atoms with van der Waals surface area (Å²) in [4.78, 5) is 14.6. The van der Waals surface area contributed by atoms with Crippen molar-refractivity contribution in [2.75, 3.05) is 11.4 Å². The van der Waals surface area contributed by atoms with E-state index in [4.69, 9.17) is 0 Å². The highest BCUT2D eigenvalue weighted by Gasteiger charge is 2.29. The molecule has 0 spiro atoms. The normalized spacial score (nSPS) is 17.7. The minimum absolute atomic E-state index is 0.0166. The van der Waals surface area contributed by atoms with Gasteiger partial charge in [0.2, 0.25) is 0 Å². The van der Waals surface area contributed by atoms with Crippen molar-refractivity contribution in [2.45, 2.75) is 38.5 Å². The van der Waals surface area contributed by atoms with Gasteiger partial charge in [-0.2, -0.15) is 5.10 Å². The number of anilines is 1. The lowest BCUT2D eigenvalue weighted by molar-refractivity contribution is 0.0980. The number of carbonyl (C=O) groups excluding carboxylic acids is 1. The molecule has 2 aromatic rings. The van der Waals surface area contributed by atoms with E-state index in [1.54, 1.807) is 0 Å². The summed E-state index contributed by atoms with van der Waals surface area (Å²) >= 11 is 0. The van der Waals surface area contributed by atoms with Crippen LogP contribution in [0.4, 0.5) is 5.69 Å². The second-order valence-corrected chi connectivity index (χ2v) is 6.18. The highest BCUT2D eigenvalue weighted by Crippen LogP contribution is 2.39. The van der Waals surface area contributed by atoms with Gasteiger partial charge in [-0.1, -0.05) is 17.7 Å². The van der Waals surface area contributed by atoms with Gasteiger partial charge >= 0.3 is 0 Å². The number of hydrogen-bond acceptors (Lipinski definition) is 2. The molecule has 1 fully saturated rings. The highest BCUT2D eigenvalue weighted by atomic mass is 16.2. The molecule has 1 aromatic heterocycles. The Morgan fingerprint density at radius 2 is 2.19 bits per heavy atom. The number of amides is 1. The number of nitrogens with one attached hydrogen (secondary N) is 1. The summed E-state index contributed by atoms with van der Waals surface area (Å²) in [5, 5.41) is 7.25. The van der Waals surface area contributed by atoms with Crippen molar-refractivity contribution in [1.82, 2.24) is 10.2 Å². The van der Waals surface area contributed by atoms with Crippen LogP contribution in [0.15, 0.2) is 24.3 Å². The van der Waals surface area contributed by atoms with Crippen LogP contribution in [0.2, 0.25) is 0 Å². The Balaban J connectivity index is 1.65. The molecule has 4 heteroatoms. The number of H-pyrrole nitrogens is 1. The number of hydrogen-bond donors (Lipinski definition) is 1. The zero-order chi connectivity index (χ0) is 14.4. The molecular formula is C17H19N3O. The molecule has 21 heavy (non-hydrogen) atoms. The Morgan fingerprint density at radius 1 is 1.33 bits per heavy atom. The van der Waals surface area contributed by atoms with Crippen molar-refractivity contribution in [3.63, 3.8) is 0 Å². The molecule has 108 valence electrons. The van der Waals surface area contributed by atoms with Gasteiger partial charge < -0.3 is 4.90 Å². The van der Waals surface area contributed by atoms with Gasteiger partial charge in [-0.05, 0) is 50.3 Å². The monoisotopic (exact) mass is 281 g/mol. The lowest BCUT2D eigenvalue weighted by Crippen LogP contribution is -2.35. The second kappa shape index (κ2) is 4.72. The van der Waals surface area contributed by atoms with Crippen LogP contribution in [0.3, 0.4) is 0 Å².